The molecule has 0 aromatic heterocycles. The number of carbonyl (C=O) groups is 2. The Bertz CT molecular complexity index is 510. The van der Waals surface area contributed by atoms with Gasteiger partial charge in [0.2, 0.25) is 0 Å². The third-order valence-electron chi connectivity index (χ3n) is 2.21. The molecule has 0 saturated heterocycles. The van der Waals surface area contributed by atoms with Crippen LogP contribution in [0.3, 0.4) is 0 Å². The maximum atomic E-state index is 11.6. The van der Waals surface area contributed by atoms with E-state index in [-0.39, 0.29) is 24.5 Å². The van der Waals surface area contributed by atoms with Gasteiger partial charge in [0.15, 0.2) is 6.61 Å². The molecule has 0 radical (unpaired) electrons. The van der Waals surface area contributed by atoms with E-state index < -0.39 is 5.97 Å². The lowest BCUT2D eigenvalue weighted by atomic mass is 10.1. The zero-order valence-electron chi connectivity index (χ0n) is 11.6. The largest absolute Gasteiger partial charge is 0.455 e. The van der Waals surface area contributed by atoms with Gasteiger partial charge < -0.3 is 10.1 Å². The molecule has 0 atom stereocenters. The fourth-order valence-corrected chi connectivity index (χ4v) is 1.79. The normalized spacial score (nSPS) is 11.1. The van der Waals surface area contributed by atoms with Crippen molar-refractivity contribution >= 4 is 35.1 Å². The molecular formula is C14H17Cl2NO3. The average Bonchev–Trinajstić information content (AvgIpc) is 2.29. The van der Waals surface area contributed by atoms with Crippen LogP contribution in [0.5, 0.6) is 0 Å². The highest BCUT2D eigenvalue weighted by Crippen LogP contribution is 2.22. The summed E-state index contributed by atoms with van der Waals surface area (Å²) in [6.07, 6.45) is 0.0414. The van der Waals surface area contributed by atoms with Gasteiger partial charge >= 0.3 is 5.97 Å². The summed E-state index contributed by atoms with van der Waals surface area (Å²) in [6.45, 7) is 5.25. The fourth-order valence-electron chi connectivity index (χ4n) is 1.47. The van der Waals surface area contributed by atoms with Crippen molar-refractivity contribution < 1.29 is 14.3 Å². The Morgan fingerprint density at radius 2 is 1.85 bits per heavy atom. The van der Waals surface area contributed by atoms with Crippen molar-refractivity contribution in [2.75, 3.05) is 6.61 Å². The van der Waals surface area contributed by atoms with Crippen LogP contribution in [0.4, 0.5) is 0 Å². The molecule has 1 rings (SSSR count). The summed E-state index contributed by atoms with van der Waals surface area (Å²) in [5.74, 6) is -0.826. The monoisotopic (exact) mass is 317 g/mol. The van der Waals surface area contributed by atoms with Gasteiger partial charge in [-0.05, 0) is 38.5 Å². The minimum atomic E-state index is -0.493. The van der Waals surface area contributed by atoms with Crippen LogP contribution in [0.2, 0.25) is 10.0 Å². The first kappa shape index (κ1) is 16.8. The molecule has 0 aliphatic carbocycles. The molecule has 0 fully saturated rings. The lowest BCUT2D eigenvalue weighted by Gasteiger charge is -2.20. The predicted octanol–water partition coefficient (Wildman–Crippen LogP) is 2.99. The number of carbonyl (C=O) groups excluding carboxylic acids is 2. The molecule has 0 bridgehead atoms. The van der Waals surface area contributed by atoms with Gasteiger partial charge in [0.05, 0.1) is 16.5 Å². The summed E-state index contributed by atoms with van der Waals surface area (Å²) in [5, 5.41) is 3.50. The Labute approximate surface area is 128 Å². The van der Waals surface area contributed by atoms with E-state index in [2.05, 4.69) is 5.32 Å². The molecule has 20 heavy (non-hydrogen) atoms. The van der Waals surface area contributed by atoms with Gasteiger partial charge in [0.1, 0.15) is 0 Å². The molecule has 0 aliphatic rings. The summed E-state index contributed by atoms with van der Waals surface area (Å²) in [5.41, 5.74) is 0.327. The number of hydrogen-bond acceptors (Lipinski definition) is 3. The van der Waals surface area contributed by atoms with Crippen molar-refractivity contribution in [3.05, 3.63) is 33.8 Å². The Kier molecular flexibility index (Phi) is 5.84. The van der Waals surface area contributed by atoms with Crippen LogP contribution in [-0.4, -0.2) is 24.0 Å². The van der Waals surface area contributed by atoms with Gasteiger partial charge in [-0.25, -0.2) is 0 Å². The summed E-state index contributed by atoms with van der Waals surface area (Å²) >= 11 is 11.6. The number of amides is 1. The van der Waals surface area contributed by atoms with Crippen molar-refractivity contribution in [1.29, 1.82) is 0 Å². The van der Waals surface area contributed by atoms with E-state index in [9.17, 15) is 9.59 Å². The molecular weight excluding hydrogens is 301 g/mol. The number of benzene rings is 1. The van der Waals surface area contributed by atoms with Crippen molar-refractivity contribution in [3.63, 3.8) is 0 Å². The molecule has 4 nitrogen and oxygen atoms in total. The minimum absolute atomic E-state index is 0.0414. The zero-order chi connectivity index (χ0) is 15.3. The lowest BCUT2D eigenvalue weighted by Crippen LogP contribution is -2.42. The van der Waals surface area contributed by atoms with Gasteiger partial charge in [0, 0.05) is 5.54 Å². The van der Waals surface area contributed by atoms with Crippen molar-refractivity contribution in [2.45, 2.75) is 32.7 Å². The van der Waals surface area contributed by atoms with Crippen LogP contribution in [0.15, 0.2) is 18.2 Å². The number of nitrogens with one attached hydrogen (secondary N) is 1. The first-order valence-electron chi connectivity index (χ1n) is 6.08. The smallest absolute Gasteiger partial charge is 0.310 e. The van der Waals surface area contributed by atoms with Gasteiger partial charge in [-0.2, -0.15) is 0 Å². The van der Waals surface area contributed by atoms with Gasteiger partial charge in [-0.3, -0.25) is 9.59 Å². The molecule has 0 aliphatic heterocycles. The van der Waals surface area contributed by atoms with Crippen molar-refractivity contribution in [3.8, 4) is 0 Å². The summed E-state index contributed by atoms with van der Waals surface area (Å²) in [6, 6.07) is 4.89. The average molecular weight is 318 g/mol. The van der Waals surface area contributed by atoms with Crippen LogP contribution in [0.1, 0.15) is 26.3 Å². The van der Waals surface area contributed by atoms with Crippen LogP contribution in [0.25, 0.3) is 0 Å². The van der Waals surface area contributed by atoms with Crippen LogP contribution in [-0.2, 0) is 20.7 Å². The second-order valence-electron chi connectivity index (χ2n) is 5.38. The van der Waals surface area contributed by atoms with E-state index >= 15 is 0 Å². The van der Waals surface area contributed by atoms with Crippen molar-refractivity contribution in [1.82, 2.24) is 5.32 Å². The highest BCUT2D eigenvalue weighted by atomic mass is 35.5. The first-order valence-corrected chi connectivity index (χ1v) is 6.83. The van der Waals surface area contributed by atoms with E-state index in [4.69, 9.17) is 27.9 Å². The quantitative estimate of drug-likeness (QED) is 0.868. The van der Waals surface area contributed by atoms with E-state index in [0.717, 1.165) is 0 Å². The number of rotatable bonds is 4. The third kappa shape index (κ3) is 6.26. The zero-order valence-corrected chi connectivity index (χ0v) is 13.1. The summed E-state index contributed by atoms with van der Waals surface area (Å²) in [4.78, 5) is 23.1. The standard InChI is InChI=1S/C14H17Cl2NO3/c1-14(2,3)17-12(18)8-20-13(19)7-9-4-5-10(15)11(16)6-9/h4-6H,7-8H2,1-3H3,(H,17,18). The van der Waals surface area contributed by atoms with Crippen LogP contribution < -0.4 is 5.32 Å². The molecule has 1 N–H and O–H groups in total. The highest BCUT2D eigenvalue weighted by molar-refractivity contribution is 6.42. The number of ether oxygens (including phenoxy) is 1. The molecule has 1 aromatic rings. The number of esters is 1. The second-order valence-corrected chi connectivity index (χ2v) is 6.20. The molecule has 1 aromatic carbocycles. The number of halogens is 2. The highest BCUT2D eigenvalue weighted by Gasteiger charge is 2.15. The minimum Gasteiger partial charge on any atom is -0.455 e. The first-order chi connectivity index (χ1) is 9.17. The van der Waals surface area contributed by atoms with E-state index in [1.807, 2.05) is 20.8 Å². The third-order valence-corrected chi connectivity index (χ3v) is 2.95. The van der Waals surface area contributed by atoms with Crippen LogP contribution >= 0.6 is 23.2 Å². The molecule has 1 amide bonds. The van der Waals surface area contributed by atoms with Gasteiger partial charge in [-0.15, -0.1) is 0 Å². The van der Waals surface area contributed by atoms with E-state index in [1.54, 1.807) is 18.2 Å². The number of hydrogen-bond donors (Lipinski definition) is 1. The summed E-state index contributed by atoms with van der Waals surface area (Å²) < 4.78 is 4.90. The van der Waals surface area contributed by atoms with Crippen LogP contribution in [0, 0.1) is 0 Å². The Morgan fingerprint density at radius 1 is 1.20 bits per heavy atom. The summed E-state index contributed by atoms with van der Waals surface area (Å²) in [7, 11) is 0. The SMILES string of the molecule is CC(C)(C)NC(=O)COC(=O)Cc1ccc(Cl)c(Cl)c1. The Morgan fingerprint density at radius 3 is 2.40 bits per heavy atom. The Hall–Kier alpha value is -1.26. The molecule has 6 heteroatoms. The fraction of sp³-hybridized carbons (Fsp3) is 0.429. The molecule has 110 valence electrons. The van der Waals surface area contributed by atoms with Crippen molar-refractivity contribution in [2.24, 2.45) is 0 Å². The second kappa shape index (κ2) is 6.95. The Balaban J connectivity index is 2.44. The predicted molar refractivity (Wildman–Crippen MR) is 79.0 cm³/mol. The molecule has 0 saturated carbocycles. The van der Waals surface area contributed by atoms with Gasteiger partial charge in [0.25, 0.3) is 5.91 Å². The lowest BCUT2D eigenvalue weighted by molar-refractivity contribution is -0.148. The molecule has 0 spiro atoms. The maximum absolute atomic E-state index is 11.6. The van der Waals surface area contributed by atoms with E-state index in [1.165, 1.54) is 0 Å². The van der Waals surface area contributed by atoms with E-state index in [0.29, 0.717) is 15.6 Å². The van der Waals surface area contributed by atoms with Gasteiger partial charge in [-0.1, -0.05) is 29.3 Å². The molecule has 0 unspecified atom stereocenters. The maximum Gasteiger partial charge on any atom is 0.310 e. The molecule has 0 heterocycles. The topological polar surface area (TPSA) is 55.4 Å².